The fraction of sp³-hybridized carbons (Fsp3) is 0.500. The monoisotopic (exact) mass is 308 g/mol. The lowest BCUT2D eigenvalue weighted by Crippen LogP contribution is -2.15. The van der Waals surface area contributed by atoms with E-state index in [1.54, 1.807) is 6.07 Å². The topological polar surface area (TPSA) is 55.1 Å². The Morgan fingerprint density at radius 1 is 1.28 bits per heavy atom. The number of nitrogen functional groups attached to an aromatic ring is 1. The minimum Gasteiger partial charge on any atom is -0.399 e. The van der Waals surface area contributed by atoms with Crippen molar-refractivity contribution in [2.24, 2.45) is 17.8 Å². The highest BCUT2D eigenvalue weighted by Crippen LogP contribution is 2.55. The van der Waals surface area contributed by atoms with E-state index in [9.17, 15) is 4.79 Å². The van der Waals surface area contributed by atoms with E-state index in [0.29, 0.717) is 17.5 Å². The third-order valence-electron chi connectivity index (χ3n) is 4.21. The number of fused-ring (bicyclic) bond motifs is 1. The molecule has 2 saturated carbocycles. The molecule has 4 heteroatoms. The molecule has 0 bridgehead atoms. The van der Waals surface area contributed by atoms with Gasteiger partial charge in [0.2, 0.25) is 5.91 Å². The van der Waals surface area contributed by atoms with E-state index in [4.69, 9.17) is 5.73 Å². The maximum Gasteiger partial charge on any atom is 0.228 e. The van der Waals surface area contributed by atoms with Crippen LogP contribution in [0.4, 0.5) is 11.4 Å². The van der Waals surface area contributed by atoms with E-state index in [0.717, 1.165) is 10.2 Å². The zero-order valence-corrected chi connectivity index (χ0v) is 11.7. The largest absolute Gasteiger partial charge is 0.399 e. The predicted molar refractivity (Wildman–Crippen MR) is 76.1 cm³/mol. The molecule has 2 aliphatic rings. The molecule has 2 aliphatic carbocycles. The summed E-state index contributed by atoms with van der Waals surface area (Å²) in [4.78, 5) is 12.2. The Balaban J connectivity index is 1.68. The fourth-order valence-corrected chi connectivity index (χ4v) is 3.73. The van der Waals surface area contributed by atoms with E-state index in [-0.39, 0.29) is 11.8 Å². The van der Waals surface area contributed by atoms with Crippen molar-refractivity contribution in [2.45, 2.75) is 25.7 Å². The number of nitrogens with two attached hydrogens (primary N) is 1. The normalized spacial score (nSPS) is 29.5. The number of halogens is 1. The standard InChI is InChI=1S/C14H17BrN2O/c15-11-7-8(16)5-6-12(11)17-14(18)13-9-3-1-2-4-10(9)13/h5-7,9-10,13H,1-4,16H2,(H,17,18). The number of hydrogen-bond donors (Lipinski definition) is 2. The molecule has 0 aromatic heterocycles. The summed E-state index contributed by atoms with van der Waals surface area (Å²) in [5.74, 6) is 1.71. The third-order valence-corrected chi connectivity index (χ3v) is 4.87. The molecular weight excluding hydrogens is 292 g/mol. The number of carbonyl (C=O) groups is 1. The van der Waals surface area contributed by atoms with Crippen LogP contribution in [0.5, 0.6) is 0 Å². The first kappa shape index (κ1) is 12.0. The highest BCUT2D eigenvalue weighted by atomic mass is 79.9. The van der Waals surface area contributed by atoms with Gasteiger partial charge in [0.25, 0.3) is 0 Å². The number of benzene rings is 1. The molecule has 2 fully saturated rings. The Labute approximate surface area is 115 Å². The van der Waals surface area contributed by atoms with Gasteiger partial charge in [-0.15, -0.1) is 0 Å². The van der Waals surface area contributed by atoms with Crippen LogP contribution in [0.25, 0.3) is 0 Å². The molecular formula is C14H17BrN2O. The van der Waals surface area contributed by atoms with Gasteiger partial charge in [0.05, 0.1) is 5.69 Å². The summed E-state index contributed by atoms with van der Waals surface area (Å²) >= 11 is 3.43. The van der Waals surface area contributed by atoms with Crippen LogP contribution in [0.1, 0.15) is 25.7 Å². The van der Waals surface area contributed by atoms with Gasteiger partial charge in [0.15, 0.2) is 0 Å². The van der Waals surface area contributed by atoms with E-state index < -0.39 is 0 Å². The lowest BCUT2D eigenvalue weighted by atomic mass is 10.0. The maximum absolute atomic E-state index is 12.2. The molecule has 0 spiro atoms. The van der Waals surface area contributed by atoms with Crippen molar-refractivity contribution in [2.75, 3.05) is 11.1 Å². The minimum atomic E-state index is 0.178. The van der Waals surface area contributed by atoms with Gasteiger partial charge >= 0.3 is 0 Å². The summed E-state index contributed by atoms with van der Waals surface area (Å²) in [5, 5.41) is 3.01. The van der Waals surface area contributed by atoms with Gasteiger partial charge < -0.3 is 11.1 Å². The van der Waals surface area contributed by atoms with Crippen LogP contribution < -0.4 is 11.1 Å². The molecule has 0 radical (unpaired) electrons. The first-order chi connectivity index (χ1) is 8.66. The predicted octanol–water partition coefficient (Wildman–Crippen LogP) is 3.41. The number of rotatable bonds is 2. The van der Waals surface area contributed by atoms with Crippen molar-refractivity contribution in [3.63, 3.8) is 0 Å². The number of hydrogen-bond acceptors (Lipinski definition) is 2. The Hall–Kier alpha value is -1.03. The second-order valence-electron chi connectivity index (χ2n) is 5.37. The number of anilines is 2. The highest BCUT2D eigenvalue weighted by Gasteiger charge is 2.54. The number of amides is 1. The minimum absolute atomic E-state index is 0.178. The van der Waals surface area contributed by atoms with Crippen LogP contribution >= 0.6 is 15.9 Å². The van der Waals surface area contributed by atoms with E-state index in [2.05, 4.69) is 21.2 Å². The van der Waals surface area contributed by atoms with Crippen molar-refractivity contribution < 1.29 is 4.79 Å². The highest BCUT2D eigenvalue weighted by molar-refractivity contribution is 9.10. The van der Waals surface area contributed by atoms with Gasteiger partial charge in [-0.2, -0.15) is 0 Å². The molecule has 1 amide bonds. The second kappa shape index (κ2) is 4.57. The van der Waals surface area contributed by atoms with Crippen molar-refractivity contribution in [1.29, 1.82) is 0 Å². The van der Waals surface area contributed by atoms with Crippen molar-refractivity contribution in [3.8, 4) is 0 Å². The Bertz CT molecular complexity index is 477. The molecule has 1 aromatic carbocycles. The summed E-state index contributed by atoms with van der Waals surface area (Å²) in [5.41, 5.74) is 7.20. The summed E-state index contributed by atoms with van der Waals surface area (Å²) in [6.07, 6.45) is 5.03. The zero-order chi connectivity index (χ0) is 12.7. The second-order valence-corrected chi connectivity index (χ2v) is 6.22. The van der Waals surface area contributed by atoms with Gasteiger partial charge in [0.1, 0.15) is 0 Å². The molecule has 0 heterocycles. The van der Waals surface area contributed by atoms with Crippen molar-refractivity contribution in [1.82, 2.24) is 0 Å². The van der Waals surface area contributed by atoms with Gasteiger partial charge in [-0.1, -0.05) is 12.8 Å². The third kappa shape index (κ3) is 2.14. The average molecular weight is 309 g/mol. The van der Waals surface area contributed by atoms with E-state index in [1.807, 2.05) is 12.1 Å². The number of carbonyl (C=O) groups excluding carboxylic acids is 1. The van der Waals surface area contributed by atoms with E-state index in [1.165, 1.54) is 25.7 Å². The van der Waals surface area contributed by atoms with Crippen LogP contribution in [0.3, 0.4) is 0 Å². The molecule has 2 atom stereocenters. The molecule has 2 unspecified atom stereocenters. The lowest BCUT2D eigenvalue weighted by molar-refractivity contribution is -0.117. The quantitative estimate of drug-likeness (QED) is 0.823. The summed E-state index contributed by atoms with van der Waals surface area (Å²) in [7, 11) is 0. The Morgan fingerprint density at radius 2 is 1.94 bits per heavy atom. The first-order valence-electron chi connectivity index (χ1n) is 6.52. The fourth-order valence-electron chi connectivity index (χ4n) is 3.23. The molecule has 96 valence electrons. The van der Waals surface area contributed by atoms with E-state index >= 15 is 0 Å². The number of nitrogens with one attached hydrogen (secondary N) is 1. The molecule has 3 rings (SSSR count). The van der Waals surface area contributed by atoms with Gasteiger partial charge in [-0.05, 0) is 58.8 Å². The molecule has 3 nitrogen and oxygen atoms in total. The average Bonchev–Trinajstić information content (AvgIpc) is 3.07. The van der Waals surface area contributed by atoms with Crippen LogP contribution in [0, 0.1) is 17.8 Å². The maximum atomic E-state index is 12.2. The van der Waals surface area contributed by atoms with Crippen LogP contribution in [-0.4, -0.2) is 5.91 Å². The smallest absolute Gasteiger partial charge is 0.228 e. The summed E-state index contributed by atoms with van der Waals surface area (Å²) in [6.45, 7) is 0. The van der Waals surface area contributed by atoms with Crippen LogP contribution in [0.15, 0.2) is 22.7 Å². The van der Waals surface area contributed by atoms with Crippen LogP contribution in [-0.2, 0) is 4.79 Å². The van der Waals surface area contributed by atoms with Gasteiger partial charge in [0, 0.05) is 16.1 Å². The van der Waals surface area contributed by atoms with Crippen molar-refractivity contribution >= 4 is 33.2 Å². The van der Waals surface area contributed by atoms with Gasteiger partial charge in [-0.25, -0.2) is 0 Å². The Kier molecular flexibility index (Phi) is 3.06. The lowest BCUT2D eigenvalue weighted by Gasteiger charge is -2.07. The van der Waals surface area contributed by atoms with Crippen molar-refractivity contribution in [3.05, 3.63) is 22.7 Å². The molecule has 0 aliphatic heterocycles. The molecule has 18 heavy (non-hydrogen) atoms. The molecule has 1 aromatic rings. The summed E-state index contributed by atoms with van der Waals surface area (Å²) < 4.78 is 0.847. The molecule has 0 saturated heterocycles. The Morgan fingerprint density at radius 3 is 2.56 bits per heavy atom. The van der Waals surface area contributed by atoms with Crippen LogP contribution in [0.2, 0.25) is 0 Å². The van der Waals surface area contributed by atoms with Gasteiger partial charge in [-0.3, -0.25) is 4.79 Å². The summed E-state index contributed by atoms with van der Waals surface area (Å²) in [6, 6.07) is 5.47. The molecule has 3 N–H and O–H groups in total. The SMILES string of the molecule is Nc1ccc(NC(=O)C2C3CCCCC32)c(Br)c1. The zero-order valence-electron chi connectivity index (χ0n) is 10.2. The first-order valence-corrected chi connectivity index (χ1v) is 7.32.